The van der Waals surface area contributed by atoms with Crippen LogP contribution in [0.5, 0.6) is 5.75 Å². The van der Waals surface area contributed by atoms with Gasteiger partial charge in [0.05, 0.1) is 19.1 Å². The average molecular weight is 648 g/mol. The number of aryl methyl sites for hydroxylation is 1. The number of benzene rings is 3. The lowest BCUT2D eigenvalue weighted by Gasteiger charge is -2.26. The molecule has 5 aromatic rings. The van der Waals surface area contributed by atoms with Crippen molar-refractivity contribution in [2.45, 2.75) is 33.4 Å². The van der Waals surface area contributed by atoms with E-state index in [1.165, 1.54) is 4.90 Å². The number of aromatic nitrogens is 4. The fourth-order valence-corrected chi connectivity index (χ4v) is 5.59. The molecule has 0 fully saturated rings. The van der Waals surface area contributed by atoms with Gasteiger partial charge in [0.25, 0.3) is 11.8 Å². The summed E-state index contributed by atoms with van der Waals surface area (Å²) in [7, 11) is 0. The van der Waals surface area contributed by atoms with Crippen molar-refractivity contribution in [3.8, 4) is 28.4 Å². The number of amides is 3. The predicted octanol–water partition coefficient (Wildman–Crippen LogP) is 4.69. The van der Waals surface area contributed by atoms with Gasteiger partial charge < -0.3 is 24.8 Å². The second-order valence-corrected chi connectivity index (χ2v) is 11.9. The number of rotatable bonds is 4. The van der Waals surface area contributed by atoms with Gasteiger partial charge in [-0.3, -0.25) is 14.4 Å². The molecule has 3 heterocycles. The molecule has 3 aromatic carbocycles. The lowest BCUT2D eigenvalue weighted by atomic mass is 10.0. The quantitative estimate of drug-likeness (QED) is 0.286. The molecule has 0 aliphatic carbocycles. The maximum absolute atomic E-state index is 14.2. The number of nitrogens with zero attached hydrogens (tertiary/aromatic N) is 5. The highest BCUT2D eigenvalue weighted by Gasteiger charge is 2.30. The Morgan fingerprint density at radius 1 is 0.917 bits per heavy atom. The molecule has 1 atom stereocenters. The summed E-state index contributed by atoms with van der Waals surface area (Å²) in [6.45, 7) is 6.08. The maximum Gasteiger partial charge on any atom is 0.260 e. The van der Waals surface area contributed by atoms with Crippen LogP contribution >= 0.6 is 0 Å². The molecule has 12 nitrogen and oxygen atoms in total. The highest BCUT2D eigenvalue weighted by Crippen LogP contribution is 2.27. The van der Waals surface area contributed by atoms with E-state index in [-0.39, 0.29) is 43.6 Å². The van der Waals surface area contributed by atoms with Gasteiger partial charge in [-0.25, -0.2) is 9.67 Å². The van der Waals surface area contributed by atoms with Crippen molar-refractivity contribution in [3.05, 3.63) is 108 Å². The summed E-state index contributed by atoms with van der Waals surface area (Å²) in [6.07, 6.45) is 0. The molecule has 12 heteroatoms. The van der Waals surface area contributed by atoms with E-state index in [1.54, 1.807) is 35.9 Å². The molecule has 0 saturated carbocycles. The fraction of sp³-hybridized carbons (Fsp3) is 0.278. The summed E-state index contributed by atoms with van der Waals surface area (Å²) < 4.78 is 13.2. The number of nitrogens with one attached hydrogen (secondary N) is 2. The molecule has 0 radical (unpaired) electrons. The molecule has 0 spiro atoms. The second-order valence-electron chi connectivity index (χ2n) is 11.9. The van der Waals surface area contributed by atoms with Crippen molar-refractivity contribution in [1.82, 2.24) is 35.5 Å². The molecule has 3 amide bonds. The van der Waals surface area contributed by atoms with Crippen molar-refractivity contribution < 1.29 is 23.6 Å². The van der Waals surface area contributed by atoms with E-state index in [4.69, 9.17) is 19.3 Å². The van der Waals surface area contributed by atoms with Crippen LogP contribution in [0.25, 0.3) is 22.6 Å². The monoisotopic (exact) mass is 647 g/mol. The molecule has 0 unspecified atom stereocenters. The first-order valence-electron chi connectivity index (χ1n) is 15.9. The molecule has 2 aromatic heterocycles. The first-order valence-corrected chi connectivity index (χ1v) is 15.9. The molecule has 1 aliphatic heterocycles. The van der Waals surface area contributed by atoms with Gasteiger partial charge in [0, 0.05) is 29.8 Å². The summed E-state index contributed by atoms with van der Waals surface area (Å²) in [6, 6.07) is 25.2. The Hall–Kier alpha value is -5.78. The van der Waals surface area contributed by atoms with Gasteiger partial charge in [0.15, 0.2) is 11.6 Å². The average Bonchev–Trinajstić information content (AvgIpc) is 3.70. The van der Waals surface area contributed by atoms with Crippen molar-refractivity contribution in [2.75, 3.05) is 26.2 Å². The van der Waals surface area contributed by atoms with Crippen molar-refractivity contribution in [3.63, 3.8) is 0 Å². The van der Waals surface area contributed by atoms with Crippen molar-refractivity contribution in [1.29, 1.82) is 0 Å². The van der Waals surface area contributed by atoms with E-state index in [0.29, 0.717) is 46.5 Å². The van der Waals surface area contributed by atoms with Crippen LogP contribution in [0, 0.1) is 12.8 Å². The van der Waals surface area contributed by atoms with Gasteiger partial charge in [-0.15, -0.1) is 0 Å². The summed E-state index contributed by atoms with van der Waals surface area (Å²) in [4.78, 5) is 47.4. The molecule has 48 heavy (non-hydrogen) atoms. The van der Waals surface area contributed by atoms with Gasteiger partial charge >= 0.3 is 0 Å². The third-order valence-corrected chi connectivity index (χ3v) is 8.07. The minimum absolute atomic E-state index is 0.0493. The van der Waals surface area contributed by atoms with Gasteiger partial charge in [-0.1, -0.05) is 85.7 Å². The van der Waals surface area contributed by atoms with Crippen LogP contribution < -0.4 is 15.4 Å². The summed E-state index contributed by atoms with van der Waals surface area (Å²) in [5.74, 6) is 0.686. The van der Waals surface area contributed by atoms with Gasteiger partial charge in [-0.2, -0.15) is 5.10 Å². The zero-order chi connectivity index (χ0) is 33.6. The Balaban J connectivity index is 1.36. The lowest BCUT2D eigenvalue weighted by molar-refractivity contribution is -0.123. The van der Waals surface area contributed by atoms with Crippen LogP contribution in [-0.2, 0) is 11.3 Å². The number of hydrogen-bond donors (Lipinski definition) is 2. The molecular formula is C36H37N7O5. The Morgan fingerprint density at radius 3 is 2.35 bits per heavy atom. The van der Waals surface area contributed by atoms with E-state index < -0.39 is 17.9 Å². The number of carbonyl (C=O) groups excluding carboxylic acids is 3. The number of fused-ring (bicyclic) bond motifs is 3. The van der Waals surface area contributed by atoms with Crippen LogP contribution in [0.3, 0.4) is 0 Å². The smallest absolute Gasteiger partial charge is 0.260 e. The highest BCUT2D eigenvalue weighted by atomic mass is 16.5. The molecule has 2 N–H and O–H groups in total. The van der Waals surface area contributed by atoms with Gasteiger partial charge in [-0.05, 0) is 31.0 Å². The normalized spacial score (nSPS) is 16.0. The molecule has 1 aliphatic rings. The van der Waals surface area contributed by atoms with Crippen LogP contribution in [0.4, 0.5) is 0 Å². The molecule has 6 rings (SSSR count). The Kier molecular flexibility index (Phi) is 9.60. The van der Waals surface area contributed by atoms with E-state index in [0.717, 1.165) is 5.56 Å². The first kappa shape index (κ1) is 32.2. The Morgan fingerprint density at radius 2 is 1.62 bits per heavy atom. The van der Waals surface area contributed by atoms with Gasteiger partial charge in [0.2, 0.25) is 5.91 Å². The van der Waals surface area contributed by atoms with E-state index in [9.17, 15) is 14.4 Å². The number of hydrogen-bond acceptors (Lipinski definition) is 8. The fourth-order valence-electron chi connectivity index (χ4n) is 5.59. The van der Waals surface area contributed by atoms with E-state index >= 15 is 0 Å². The second kappa shape index (κ2) is 14.3. The number of carbonyl (C=O) groups is 3. The topological polar surface area (TPSA) is 144 Å². The first-order chi connectivity index (χ1) is 23.3. The lowest BCUT2D eigenvalue weighted by Crippen LogP contribution is -2.46. The predicted molar refractivity (Wildman–Crippen MR) is 178 cm³/mol. The highest BCUT2D eigenvalue weighted by molar-refractivity contribution is 6.02. The molecular weight excluding hydrogens is 610 g/mol. The maximum atomic E-state index is 14.2. The molecule has 246 valence electrons. The Labute approximate surface area is 278 Å². The van der Waals surface area contributed by atoms with Gasteiger partial charge in [0.1, 0.15) is 29.4 Å². The van der Waals surface area contributed by atoms with E-state index in [1.807, 2.05) is 74.5 Å². The minimum Gasteiger partial charge on any atom is -0.492 e. The Bertz CT molecular complexity index is 1900. The SMILES string of the molecule is Cc1onc(-c2ccccc2)c1C(=O)N1CCNC(=O)c2cccc(c2)OCCn2nc(-c3ccccc3)nc2[C@H](C(C)C)NC(=O)C1. The van der Waals surface area contributed by atoms with Crippen LogP contribution in [0.2, 0.25) is 0 Å². The molecule has 0 saturated heterocycles. The van der Waals surface area contributed by atoms with Crippen LogP contribution in [0.15, 0.2) is 89.5 Å². The minimum atomic E-state index is -0.532. The summed E-state index contributed by atoms with van der Waals surface area (Å²) in [5.41, 5.74) is 2.58. The third-order valence-electron chi connectivity index (χ3n) is 8.07. The standard InChI is InChI=1S/C36H37N7O5/c1-23(2)31-34-39-33(26-13-8-5-9-14-26)40-43(34)19-20-47-28-16-10-15-27(21-28)35(45)37-17-18-42(22-29(44)38-31)36(46)30-24(3)48-41-32(30)25-11-6-4-7-12-25/h4-16,21,23,31H,17-20,22H2,1-3H3,(H,37,45)(H,38,44)/t31-/m0/s1. The largest absolute Gasteiger partial charge is 0.492 e. The zero-order valence-electron chi connectivity index (χ0n) is 27.1. The zero-order valence-corrected chi connectivity index (χ0v) is 27.1. The van der Waals surface area contributed by atoms with Crippen molar-refractivity contribution >= 4 is 17.7 Å². The van der Waals surface area contributed by atoms with Crippen molar-refractivity contribution in [2.24, 2.45) is 5.92 Å². The molecule has 2 bridgehead atoms. The summed E-state index contributed by atoms with van der Waals surface area (Å²) in [5, 5.41) is 14.9. The van der Waals surface area contributed by atoms with Crippen LogP contribution in [-0.4, -0.2) is 68.8 Å². The summed E-state index contributed by atoms with van der Waals surface area (Å²) >= 11 is 0. The number of ether oxygens (including phenoxy) is 1. The van der Waals surface area contributed by atoms with Crippen LogP contribution in [0.1, 0.15) is 52.2 Å². The van der Waals surface area contributed by atoms with E-state index in [2.05, 4.69) is 15.8 Å². The third kappa shape index (κ3) is 7.12.